The number of para-hydroxylation sites is 1. The lowest BCUT2D eigenvalue weighted by Gasteiger charge is -2.13. The molecule has 2 aromatic heterocycles. The van der Waals surface area contributed by atoms with Crippen molar-refractivity contribution in [1.82, 2.24) is 9.97 Å². The van der Waals surface area contributed by atoms with Gasteiger partial charge in [-0.25, -0.2) is 9.78 Å². The molecular formula is C26H25N3O3S. The van der Waals surface area contributed by atoms with E-state index in [0.717, 1.165) is 39.8 Å². The molecule has 0 fully saturated rings. The number of aryl methyl sites for hydroxylation is 2. The largest absolute Gasteiger partial charge is 0.456 e. The molecule has 6 nitrogen and oxygen atoms in total. The molecule has 0 bridgehead atoms. The first-order valence-electron chi connectivity index (χ1n) is 10.8. The van der Waals surface area contributed by atoms with Gasteiger partial charge in [-0.2, -0.15) is 0 Å². The summed E-state index contributed by atoms with van der Waals surface area (Å²) in [6.45, 7) is 5.97. The number of aromatic nitrogens is 2. The standard InChI is InChI=1S/C26H25N3O3S/c1-4-21-17(3)25(20-7-5-6-8-22(20)29-21)26(31)32-14-19-15-33-24(28-19)13-23(30)27-18-11-9-16(2)10-12-18/h5-12,15H,4,13-14H2,1-3H3,(H,27,30). The van der Waals surface area contributed by atoms with Crippen LogP contribution in [0.4, 0.5) is 5.69 Å². The van der Waals surface area contributed by atoms with Gasteiger partial charge in [-0.05, 0) is 44.0 Å². The lowest BCUT2D eigenvalue weighted by Crippen LogP contribution is -2.14. The number of hydrogen-bond donors (Lipinski definition) is 1. The highest BCUT2D eigenvalue weighted by Crippen LogP contribution is 2.25. The number of pyridine rings is 1. The molecule has 0 aliphatic heterocycles. The summed E-state index contributed by atoms with van der Waals surface area (Å²) < 4.78 is 5.60. The highest BCUT2D eigenvalue weighted by Gasteiger charge is 2.19. The number of thiazole rings is 1. The van der Waals surface area contributed by atoms with Crippen molar-refractivity contribution in [3.05, 3.63) is 87.0 Å². The highest BCUT2D eigenvalue weighted by atomic mass is 32.1. The Morgan fingerprint density at radius 3 is 2.55 bits per heavy atom. The third-order valence-corrected chi connectivity index (χ3v) is 6.27. The predicted octanol–water partition coefficient (Wildman–Crippen LogP) is 5.41. The molecule has 0 saturated carbocycles. The van der Waals surface area contributed by atoms with Gasteiger partial charge in [-0.3, -0.25) is 9.78 Å². The Hall–Kier alpha value is -3.58. The number of ether oxygens (including phenoxy) is 1. The molecule has 1 N–H and O–H groups in total. The maximum absolute atomic E-state index is 13.0. The number of carbonyl (C=O) groups excluding carboxylic acids is 2. The minimum Gasteiger partial charge on any atom is -0.456 e. The molecule has 0 spiro atoms. The second-order valence-corrected chi connectivity index (χ2v) is 8.77. The first-order valence-corrected chi connectivity index (χ1v) is 11.7. The van der Waals surface area contributed by atoms with Gasteiger partial charge in [0.2, 0.25) is 5.91 Å². The number of amides is 1. The van der Waals surface area contributed by atoms with Crippen LogP contribution >= 0.6 is 11.3 Å². The molecule has 4 aromatic rings. The van der Waals surface area contributed by atoms with Gasteiger partial charge in [0.1, 0.15) is 11.6 Å². The van der Waals surface area contributed by atoms with E-state index in [1.165, 1.54) is 11.3 Å². The average molecular weight is 460 g/mol. The topological polar surface area (TPSA) is 81.2 Å². The lowest BCUT2D eigenvalue weighted by molar-refractivity contribution is -0.115. The SMILES string of the molecule is CCc1nc2ccccc2c(C(=O)OCc2csc(CC(=O)Nc3ccc(C)cc3)n2)c1C. The molecule has 0 unspecified atom stereocenters. The summed E-state index contributed by atoms with van der Waals surface area (Å²) in [6, 6.07) is 15.2. The monoisotopic (exact) mass is 459 g/mol. The van der Waals surface area contributed by atoms with Gasteiger partial charge in [-0.1, -0.05) is 42.8 Å². The first kappa shape index (κ1) is 22.6. The summed E-state index contributed by atoms with van der Waals surface area (Å²) in [6.07, 6.45) is 0.900. The van der Waals surface area contributed by atoms with Crippen LogP contribution in [0.25, 0.3) is 10.9 Å². The third-order valence-electron chi connectivity index (χ3n) is 5.37. The molecule has 33 heavy (non-hydrogen) atoms. The van der Waals surface area contributed by atoms with Gasteiger partial charge in [0.15, 0.2) is 0 Å². The number of anilines is 1. The normalized spacial score (nSPS) is 10.9. The highest BCUT2D eigenvalue weighted by molar-refractivity contribution is 7.09. The number of hydrogen-bond acceptors (Lipinski definition) is 6. The lowest BCUT2D eigenvalue weighted by atomic mass is 10.0. The maximum atomic E-state index is 13.0. The third kappa shape index (κ3) is 5.26. The molecule has 0 saturated heterocycles. The van der Waals surface area contributed by atoms with Crippen molar-refractivity contribution in [1.29, 1.82) is 0 Å². The molecule has 0 aliphatic rings. The number of carbonyl (C=O) groups is 2. The van der Waals surface area contributed by atoms with Gasteiger partial charge in [0.05, 0.1) is 23.2 Å². The van der Waals surface area contributed by atoms with E-state index in [1.807, 2.05) is 74.7 Å². The van der Waals surface area contributed by atoms with Crippen molar-refractivity contribution in [3.63, 3.8) is 0 Å². The summed E-state index contributed by atoms with van der Waals surface area (Å²) in [5.74, 6) is -0.532. The fourth-order valence-electron chi connectivity index (χ4n) is 3.65. The van der Waals surface area contributed by atoms with Crippen molar-refractivity contribution in [3.8, 4) is 0 Å². The number of benzene rings is 2. The zero-order valence-corrected chi connectivity index (χ0v) is 19.7. The van der Waals surface area contributed by atoms with E-state index in [-0.39, 0.29) is 18.9 Å². The van der Waals surface area contributed by atoms with Gasteiger partial charge in [-0.15, -0.1) is 11.3 Å². The number of nitrogens with zero attached hydrogens (tertiary/aromatic N) is 2. The molecule has 2 heterocycles. The first-order chi connectivity index (χ1) is 15.9. The quantitative estimate of drug-likeness (QED) is 0.374. The van der Waals surface area contributed by atoms with E-state index in [9.17, 15) is 9.59 Å². The van der Waals surface area contributed by atoms with Crippen LogP contribution < -0.4 is 5.32 Å². The Bertz CT molecular complexity index is 1310. The summed E-state index contributed by atoms with van der Waals surface area (Å²) in [4.78, 5) is 34.4. The van der Waals surface area contributed by atoms with Gasteiger partial charge >= 0.3 is 5.97 Å². The second kappa shape index (κ2) is 9.92. The van der Waals surface area contributed by atoms with Gasteiger partial charge < -0.3 is 10.1 Å². The molecule has 4 rings (SSSR count). The van der Waals surface area contributed by atoms with Crippen molar-refractivity contribution in [2.75, 3.05) is 5.32 Å². The van der Waals surface area contributed by atoms with Crippen molar-refractivity contribution < 1.29 is 14.3 Å². The number of nitrogens with one attached hydrogen (secondary N) is 1. The number of esters is 1. The van der Waals surface area contributed by atoms with E-state index in [2.05, 4.69) is 15.3 Å². The van der Waals surface area contributed by atoms with E-state index in [1.54, 1.807) is 0 Å². The van der Waals surface area contributed by atoms with Crippen molar-refractivity contribution in [2.45, 2.75) is 40.2 Å². The molecule has 0 atom stereocenters. The van der Waals surface area contributed by atoms with Crippen LogP contribution in [0.15, 0.2) is 53.9 Å². The molecule has 2 aromatic carbocycles. The zero-order valence-electron chi connectivity index (χ0n) is 18.8. The van der Waals surface area contributed by atoms with E-state index in [0.29, 0.717) is 16.3 Å². The minimum atomic E-state index is -0.396. The van der Waals surface area contributed by atoms with Crippen LogP contribution in [0.3, 0.4) is 0 Å². The van der Waals surface area contributed by atoms with Gasteiger partial charge in [0.25, 0.3) is 0 Å². The van der Waals surface area contributed by atoms with Crippen LogP contribution in [0, 0.1) is 13.8 Å². The van der Waals surface area contributed by atoms with E-state index in [4.69, 9.17) is 4.74 Å². The summed E-state index contributed by atoms with van der Waals surface area (Å²) in [5.41, 5.74) is 5.56. The van der Waals surface area contributed by atoms with Gasteiger partial charge in [0, 0.05) is 22.1 Å². The van der Waals surface area contributed by atoms with Crippen molar-refractivity contribution >= 4 is 39.8 Å². The fourth-order valence-corrected chi connectivity index (χ4v) is 4.43. The zero-order chi connectivity index (χ0) is 23.4. The van der Waals surface area contributed by atoms with E-state index >= 15 is 0 Å². The molecule has 0 aliphatic carbocycles. The number of rotatable bonds is 7. The van der Waals surface area contributed by atoms with Crippen molar-refractivity contribution in [2.24, 2.45) is 0 Å². The second-order valence-electron chi connectivity index (χ2n) is 7.83. The Morgan fingerprint density at radius 2 is 1.79 bits per heavy atom. The maximum Gasteiger partial charge on any atom is 0.339 e. The van der Waals surface area contributed by atoms with Crippen LogP contribution in [-0.4, -0.2) is 21.8 Å². The molecule has 7 heteroatoms. The fraction of sp³-hybridized carbons (Fsp3) is 0.231. The Labute approximate surface area is 196 Å². The molecule has 168 valence electrons. The van der Waals surface area contributed by atoms with Crippen LogP contribution in [-0.2, 0) is 29.0 Å². The van der Waals surface area contributed by atoms with E-state index < -0.39 is 5.97 Å². The van der Waals surface area contributed by atoms with Crippen LogP contribution in [0.1, 0.15) is 44.8 Å². The summed E-state index contributed by atoms with van der Waals surface area (Å²) in [5, 5.41) is 6.14. The smallest absolute Gasteiger partial charge is 0.339 e. The molecule has 1 amide bonds. The van der Waals surface area contributed by atoms with Crippen LogP contribution in [0.5, 0.6) is 0 Å². The average Bonchev–Trinajstić information content (AvgIpc) is 3.25. The van der Waals surface area contributed by atoms with Crippen LogP contribution in [0.2, 0.25) is 0 Å². The Balaban J connectivity index is 1.41. The summed E-state index contributed by atoms with van der Waals surface area (Å²) >= 11 is 1.38. The molecular weight excluding hydrogens is 434 g/mol. The Morgan fingerprint density at radius 1 is 1.03 bits per heavy atom. The molecule has 0 radical (unpaired) electrons. The predicted molar refractivity (Wildman–Crippen MR) is 131 cm³/mol. The minimum absolute atomic E-state index is 0.0481. The number of fused-ring (bicyclic) bond motifs is 1. The Kier molecular flexibility index (Phi) is 6.79. The summed E-state index contributed by atoms with van der Waals surface area (Å²) in [7, 11) is 0.